The molecule has 0 aromatic heterocycles. The lowest BCUT2D eigenvalue weighted by molar-refractivity contribution is -0.121. The van der Waals surface area contributed by atoms with E-state index in [2.05, 4.69) is 10.6 Å². The number of carbonyl (C=O) groups excluding carboxylic acids is 3. The van der Waals surface area contributed by atoms with E-state index >= 15 is 0 Å². The van der Waals surface area contributed by atoms with Crippen LogP contribution >= 0.6 is 12.4 Å². The van der Waals surface area contributed by atoms with Gasteiger partial charge in [0, 0.05) is 26.1 Å². The maximum absolute atomic E-state index is 12.4. The Bertz CT molecular complexity index is 890. The molecule has 0 aliphatic carbocycles. The topological polar surface area (TPSA) is 114 Å². The van der Waals surface area contributed by atoms with Crippen molar-refractivity contribution in [1.29, 1.82) is 0 Å². The summed E-state index contributed by atoms with van der Waals surface area (Å²) in [7, 11) is 0. The minimum atomic E-state index is -0.307. The average Bonchev–Trinajstić information content (AvgIpc) is 2.71. The molecule has 2 aromatic rings. The van der Waals surface area contributed by atoms with Gasteiger partial charge >= 0.3 is 0 Å². The molecule has 0 spiro atoms. The maximum Gasteiger partial charge on any atom is 0.265 e. The number of anilines is 2. The third-order valence-electron chi connectivity index (χ3n) is 4.25. The Morgan fingerprint density at radius 3 is 2.62 bits per heavy atom. The largest absolute Gasteiger partial charge is 0.482 e. The Morgan fingerprint density at radius 2 is 1.83 bits per heavy atom. The monoisotopic (exact) mass is 418 g/mol. The number of nitrogens with zero attached hydrogens (tertiary/aromatic N) is 1. The molecule has 2 aromatic carbocycles. The van der Waals surface area contributed by atoms with Crippen LogP contribution in [-0.2, 0) is 9.59 Å². The number of carbonyl (C=O) groups is 3. The van der Waals surface area contributed by atoms with E-state index in [1.54, 1.807) is 36.4 Å². The van der Waals surface area contributed by atoms with Crippen LogP contribution in [0.5, 0.6) is 5.75 Å². The van der Waals surface area contributed by atoms with Gasteiger partial charge in [0.05, 0.1) is 16.9 Å². The zero-order chi connectivity index (χ0) is 19.9. The van der Waals surface area contributed by atoms with Crippen LogP contribution in [0, 0.1) is 0 Å². The van der Waals surface area contributed by atoms with E-state index in [1.165, 1.54) is 4.90 Å². The summed E-state index contributed by atoms with van der Waals surface area (Å²) in [5.41, 5.74) is 6.82. The van der Waals surface area contributed by atoms with Crippen LogP contribution in [0.3, 0.4) is 0 Å². The molecule has 0 bridgehead atoms. The minimum absolute atomic E-state index is 0. The molecule has 1 heterocycles. The SMILES string of the molecule is Cl.NCCNC(=O)c1ccccc1NC(=O)CCN1C(=O)COc2ccccc21. The number of hydrogen-bond donors (Lipinski definition) is 3. The summed E-state index contributed by atoms with van der Waals surface area (Å²) < 4.78 is 5.40. The van der Waals surface area contributed by atoms with Gasteiger partial charge in [-0.15, -0.1) is 12.4 Å². The van der Waals surface area contributed by atoms with Crippen molar-refractivity contribution in [3.8, 4) is 5.75 Å². The van der Waals surface area contributed by atoms with Crippen molar-refractivity contribution < 1.29 is 19.1 Å². The van der Waals surface area contributed by atoms with Gasteiger partial charge in [-0.05, 0) is 24.3 Å². The van der Waals surface area contributed by atoms with Crippen molar-refractivity contribution in [2.24, 2.45) is 5.73 Å². The Kier molecular flexibility index (Phi) is 7.99. The molecular weight excluding hydrogens is 396 g/mol. The molecule has 3 amide bonds. The first kappa shape index (κ1) is 22.2. The van der Waals surface area contributed by atoms with E-state index in [0.717, 1.165) is 0 Å². The molecular formula is C20H23ClN4O4. The first-order valence-electron chi connectivity index (χ1n) is 8.99. The zero-order valence-electron chi connectivity index (χ0n) is 15.7. The zero-order valence-corrected chi connectivity index (χ0v) is 16.5. The number of rotatable bonds is 7. The number of nitrogens with two attached hydrogens (primary N) is 1. The van der Waals surface area contributed by atoms with Crippen LogP contribution in [0.25, 0.3) is 0 Å². The van der Waals surface area contributed by atoms with E-state index in [0.29, 0.717) is 35.8 Å². The first-order valence-corrected chi connectivity index (χ1v) is 8.99. The highest BCUT2D eigenvalue weighted by atomic mass is 35.5. The number of hydrogen-bond acceptors (Lipinski definition) is 5. The molecule has 154 valence electrons. The van der Waals surface area contributed by atoms with Crippen LogP contribution in [0.4, 0.5) is 11.4 Å². The summed E-state index contributed by atoms with van der Waals surface area (Å²) >= 11 is 0. The molecule has 4 N–H and O–H groups in total. The average molecular weight is 419 g/mol. The fourth-order valence-electron chi connectivity index (χ4n) is 2.90. The van der Waals surface area contributed by atoms with Crippen LogP contribution in [0.1, 0.15) is 16.8 Å². The molecule has 0 saturated carbocycles. The van der Waals surface area contributed by atoms with Gasteiger partial charge in [-0.3, -0.25) is 14.4 Å². The van der Waals surface area contributed by atoms with Crippen LogP contribution in [0.15, 0.2) is 48.5 Å². The van der Waals surface area contributed by atoms with Gasteiger partial charge in [-0.2, -0.15) is 0 Å². The van der Waals surface area contributed by atoms with Crippen LogP contribution in [0.2, 0.25) is 0 Å². The number of benzene rings is 2. The highest BCUT2D eigenvalue weighted by Crippen LogP contribution is 2.31. The number of amides is 3. The van der Waals surface area contributed by atoms with Crippen molar-refractivity contribution in [3.63, 3.8) is 0 Å². The lowest BCUT2D eigenvalue weighted by Crippen LogP contribution is -2.40. The second kappa shape index (κ2) is 10.4. The van der Waals surface area contributed by atoms with Gasteiger partial charge in [0.15, 0.2) is 6.61 Å². The molecule has 9 heteroatoms. The summed E-state index contributed by atoms with van der Waals surface area (Å²) in [5, 5.41) is 5.43. The molecule has 0 saturated heterocycles. The summed E-state index contributed by atoms with van der Waals surface area (Å²) in [4.78, 5) is 38.4. The van der Waals surface area contributed by atoms with Crippen molar-refractivity contribution >= 4 is 41.5 Å². The van der Waals surface area contributed by atoms with Crippen molar-refractivity contribution in [1.82, 2.24) is 5.32 Å². The second-order valence-electron chi connectivity index (χ2n) is 6.19. The number of para-hydroxylation sites is 3. The fourth-order valence-corrected chi connectivity index (χ4v) is 2.90. The summed E-state index contributed by atoms with van der Waals surface area (Å²) in [5.74, 6) is -0.188. The Hall–Kier alpha value is -3.10. The molecule has 0 radical (unpaired) electrons. The van der Waals surface area contributed by atoms with Gasteiger partial charge in [-0.25, -0.2) is 0 Å². The van der Waals surface area contributed by atoms with Gasteiger partial charge < -0.3 is 26.0 Å². The van der Waals surface area contributed by atoms with E-state index < -0.39 is 0 Å². The predicted molar refractivity (Wildman–Crippen MR) is 113 cm³/mol. The van der Waals surface area contributed by atoms with Crippen LogP contribution in [-0.4, -0.2) is 44.0 Å². The lowest BCUT2D eigenvalue weighted by atomic mass is 10.1. The van der Waals surface area contributed by atoms with Crippen molar-refractivity contribution in [3.05, 3.63) is 54.1 Å². The quantitative estimate of drug-likeness (QED) is 0.631. The van der Waals surface area contributed by atoms with Gasteiger partial charge in [0.2, 0.25) is 5.91 Å². The highest BCUT2D eigenvalue weighted by molar-refractivity contribution is 6.04. The lowest BCUT2D eigenvalue weighted by Gasteiger charge is -2.29. The predicted octanol–water partition coefficient (Wildman–Crippen LogP) is 1.55. The smallest absolute Gasteiger partial charge is 0.265 e. The third-order valence-corrected chi connectivity index (χ3v) is 4.25. The van der Waals surface area contributed by atoms with Gasteiger partial charge in [0.1, 0.15) is 5.75 Å². The highest BCUT2D eigenvalue weighted by Gasteiger charge is 2.25. The Labute approximate surface area is 174 Å². The maximum atomic E-state index is 12.4. The molecule has 29 heavy (non-hydrogen) atoms. The normalized spacial score (nSPS) is 12.3. The molecule has 1 aliphatic heterocycles. The van der Waals surface area contributed by atoms with Gasteiger partial charge in [-0.1, -0.05) is 24.3 Å². The first-order chi connectivity index (χ1) is 13.6. The summed E-state index contributed by atoms with van der Waals surface area (Å²) in [6.45, 7) is 0.838. The van der Waals surface area contributed by atoms with E-state index in [9.17, 15) is 14.4 Å². The van der Waals surface area contributed by atoms with E-state index in [4.69, 9.17) is 10.5 Å². The molecule has 0 atom stereocenters. The van der Waals surface area contributed by atoms with Gasteiger partial charge in [0.25, 0.3) is 11.8 Å². The second-order valence-corrected chi connectivity index (χ2v) is 6.19. The van der Waals surface area contributed by atoms with Crippen LogP contribution < -0.4 is 26.0 Å². The molecule has 0 fully saturated rings. The van der Waals surface area contributed by atoms with E-state index in [1.807, 2.05) is 12.1 Å². The van der Waals surface area contributed by atoms with E-state index in [-0.39, 0.29) is 49.7 Å². The molecule has 0 unspecified atom stereocenters. The molecule has 1 aliphatic rings. The number of halogens is 1. The fraction of sp³-hybridized carbons (Fsp3) is 0.250. The molecule has 8 nitrogen and oxygen atoms in total. The Morgan fingerprint density at radius 1 is 1.10 bits per heavy atom. The summed E-state index contributed by atoms with van der Waals surface area (Å²) in [6, 6.07) is 13.9. The number of ether oxygens (including phenoxy) is 1. The minimum Gasteiger partial charge on any atom is -0.482 e. The van der Waals surface area contributed by atoms with Crippen molar-refractivity contribution in [2.45, 2.75) is 6.42 Å². The van der Waals surface area contributed by atoms with Crippen molar-refractivity contribution in [2.75, 3.05) is 36.5 Å². The number of nitrogens with one attached hydrogen (secondary N) is 2. The summed E-state index contributed by atoms with van der Waals surface area (Å²) in [6.07, 6.45) is 0.0822. The Balaban J connectivity index is 0.00000300. The molecule has 3 rings (SSSR count). The standard InChI is InChI=1S/C20H22N4O4.ClH/c21-10-11-22-20(27)14-5-1-2-6-15(14)23-18(25)9-12-24-16-7-3-4-8-17(16)28-13-19(24)26;/h1-8H,9-13,21H2,(H,22,27)(H,23,25);1H. The third kappa shape index (κ3) is 5.46. The number of fused-ring (bicyclic) bond motifs is 1.